The topological polar surface area (TPSA) is 80.7 Å². The van der Waals surface area contributed by atoms with Crippen LogP contribution in [0.2, 0.25) is 0 Å². The summed E-state index contributed by atoms with van der Waals surface area (Å²) in [6.07, 6.45) is 3.64. The fourth-order valence-corrected chi connectivity index (χ4v) is 3.28. The molecule has 0 bridgehead atoms. The highest BCUT2D eigenvalue weighted by Crippen LogP contribution is 2.31. The SMILES string of the molecule is CN=C1S/C(=C/c2cccn2-c2ccc([N+](=O)[O-])cc2)C(=O)N1C. The van der Waals surface area contributed by atoms with Crippen molar-refractivity contribution in [2.75, 3.05) is 14.1 Å². The average Bonchev–Trinajstić information content (AvgIpc) is 3.15. The Morgan fingerprint density at radius 2 is 1.96 bits per heavy atom. The van der Waals surface area contributed by atoms with E-state index in [-0.39, 0.29) is 11.6 Å². The van der Waals surface area contributed by atoms with Crippen LogP contribution >= 0.6 is 11.8 Å². The summed E-state index contributed by atoms with van der Waals surface area (Å²) in [7, 11) is 3.34. The number of nitro benzene ring substituents is 1. The highest BCUT2D eigenvalue weighted by atomic mass is 32.2. The zero-order valence-corrected chi connectivity index (χ0v) is 13.9. The van der Waals surface area contributed by atoms with Crippen molar-refractivity contribution in [3.63, 3.8) is 0 Å². The van der Waals surface area contributed by atoms with E-state index in [0.29, 0.717) is 10.1 Å². The first-order valence-electron chi connectivity index (χ1n) is 7.08. The first-order chi connectivity index (χ1) is 11.5. The molecule has 0 atom stereocenters. The highest BCUT2D eigenvalue weighted by Gasteiger charge is 2.29. The van der Waals surface area contributed by atoms with E-state index in [4.69, 9.17) is 0 Å². The van der Waals surface area contributed by atoms with Crippen LogP contribution in [-0.4, -0.2) is 39.6 Å². The van der Waals surface area contributed by atoms with Gasteiger partial charge in [0, 0.05) is 43.8 Å². The molecule has 0 aliphatic carbocycles. The number of aliphatic imine (C=N–C) groups is 1. The van der Waals surface area contributed by atoms with E-state index >= 15 is 0 Å². The molecule has 2 aromatic rings. The van der Waals surface area contributed by atoms with Crippen LogP contribution in [0.1, 0.15) is 5.69 Å². The van der Waals surface area contributed by atoms with Gasteiger partial charge in [-0.2, -0.15) is 0 Å². The molecule has 1 aromatic carbocycles. The third-order valence-electron chi connectivity index (χ3n) is 3.59. The summed E-state index contributed by atoms with van der Waals surface area (Å²) in [5, 5.41) is 11.4. The molecule has 1 aromatic heterocycles. The molecule has 3 rings (SSSR count). The van der Waals surface area contributed by atoms with E-state index in [1.54, 1.807) is 32.3 Å². The number of aromatic nitrogens is 1. The Balaban J connectivity index is 1.95. The summed E-state index contributed by atoms with van der Waals surface area (Å²) >= 11 is 1.32. The van der Waals surface area contributed by atoms with Crippen molar-refractivity contribution in [2.24, 2.45) is 4.99 Å². The van der Waals surface area contributed by atoms with Crippen molar-refractivity contribution in [1.82, 2.24) is 9.47 Å². The van der Waals surface area contributed by atoms with Crippen LogP contribution in [0.3, 0.4) is 0 Å². The summed E-state index contributed by atoms with van der Waals surface area (Å²) in [6.45, 7) is 0. The quantitative estimate of drug-likeness (QED) is 0.488. The van der Waals surface area contributed by atoms with Gasteiger partial charge in [-0.1, -0.05) is 0 Å². The van der Waals surface area contributed by atoms with Gasteiger partial charge in [-0.3, -0.25) is 24.8 Å². The molecular weight excluding hydrogens is 328 g/mol. The van der Waals surface area contributed by atoms with E-state index in [9.17, 15) is 14.9 Å². The first kappa shape index (κ1) is 16.0. The average molecular weight is 342 g/mol. The number of hydrogen-bond donors (Lipinski definition) is 0. The maximum absolute atomic E-state index is 12.2. The molecule has 24 heavy (non-hydrogen) atoms. The Morgan fingerprint density at radius 3 is 2.54 bits per heavy atom. The molecule has 8 heteroatoms. The van der Waals surface area contributed by atoms with Crippen LogP contribution in [0, 0.1) is 10.1 Å². The van der Waals surface area contributed by atoms with Gasteiger partial charge < -0.3 is 4.57 Å². The van der Waals surface area contributed by atoms with Gasteiger partial charge in [-0.15, -0.1) is 0 Å². The van der Waals surface area contributed by atoms with E-state index < -0.39 is 4.92 Å². The standard InChI is InChI=1S/C16H14N4O3S/c1-17-16-18(2)15(21)14(24-16)10-13-4-3-9-19(13)11-5-7-12(8-6-11)20(22)23/h3-10H,1-2H3/b14-10+,17-16?. The fraction of sp³-hybridized carbons (Fsp3) is 0.125. The third-order valence-corrected chi connectivity index (χ3v) is 4.74. The number of amidine groups is 1. The predicted octanol–water partition coefficient (Wildman–Crippen LogP) is 2.92. The molecule has 0 spiro atoms. The molecule has 1 aliphatic rings. The van der Waals surface area contributed by atoms with Gasteiger partial charge in [-0.05, 0) is 42.1 Å². The summed E-state index contributed by atoms with van der Waals surface area (Å²) < 4.78 is 1.87. The smallest absolute Gasteiger partial charge is 0.269 e. The van der Waals surface area contributed by atoms with Crippen molar-refractivity contribution >= 4 is 34.6 Å². The lowest BCUT2D eigenvalue weighted by atomic mass is 10.2. The summed E-state index contributed by atoms with van der Waals surface area (Å²) in [5.41, 5.74) is 1.63. The number of hydrogen-bond acceptors (Lipinski definition) is 5. The number of thioether (sulfide) groups is 1. The Morgan fingerprint density at radius 1 is 1.25 bits per heavy atom. The summed E-state index contributed by atoms with van der Waals surface area (Å²) in [5.74, 6) is -0.1000. The van der Waals surface area contributed by atoms with E-state index in [0.717, 1.165) is 11.4 Å². The Bertz CT molecular complexity index is 868. The monoisotopic (exact) mass is 342 g/mol. The first-order valence-corrected chi connectivity index (χ1v) is 7.89. The van der Waals surface area contributed by atoms with E-state index in [2.05, 4.69) is 4.99 Å². The lowest BCUT2D eigenvalue weighted by Gasteiger charge is -2.07. The highest BCUT2D eigenvalue weighted by molar-refractivity contribution is 8.18. The zero-order valence-electron chi connectivity index (χ0n) is 13.0. The normalized spacial score (nSPS) is 17.9. The van der Waals surface area contributed by atoms with Crippen LogP contribution in [-0.2, 0) is 4.79 Å². The van der Waals surface area contributed by atoms with Gasteiger partial charge in [0.05, 0.1) is 9.83 Å². The lowest BCUT2D eigenvalue weighted by Crippen LogP contribution is -2.23. The molecule has 1 saturated heterocycles. The summed E-state index contributed by atoms with van der Waals surface area (Å²) in [4.78, 5) is 28.7. The number of non-ortho nitro benzene ring substituents is 1. The Hall–Kier alpha value is -2.87. The second-order valence-corrected chi connectivity index (χ2v) is 6.07. The summed E-state index contributed by atoms with van der Waals surface area (Å²) in [6, 6.07) is 10.00. The Kier molecular flexibility index (Phi) is 4.22. The van der Waals surface area contributed by atoms with Crippen LogP contribution in [0.25, 0.3) is 11.8 Å². The molecular formula is C16H14N4O3S. The molecule has 0 unspecified atom stereocenters. The molecule has 7 nitrogen and oxygen atoms in total. The van der Waals surface area contributed by atoms with Gasteiger partial charge in [0.2, 0.25) is 0 Å². The molecule has 0 N–H and O–H groups in total. The van der Waals surface area contributed by atoms with Crippen LogP contribution in [0.5, 0.6) is 0 Å². The van der Waals surface area contributed by atoms with Gasteiger partial charge in [-0.25, -0.2) is 0 Å². The zero-order chi connectivity index (χ0) is 17.3. The number of nitro groups is 1. The lowest BCUT2D eigenvalue weighted by molar-refractivity contribution is -0.384. The molecule has 2 heterocycles. The predicted molar refractivity (Wildman–Crippen MR) is 94.1 cm³/mol. The minimum absolute atomic E-state index is 0.0396. The number of rotatable bonds is 3. The van der Waals surface area contributed by atoms with Gasteiger partial charge in [0.1, 0.15) is 0 Å². The van der Waals surface area contributed by atoms with Crippen molar-refractivity contribution in [1.29, 1.82) is 0 Å². The molecule has 122 valence electrons. The number of likely N-dealkylation sites (N-methyl/N-ethyl adjacent to an activating group) is 1. The van der Waals surface area contributed by atoms with Crippen molar-refractivity contribution in [2.45, 2.75) is 0 Å². The molecule has 1 aliphatic heterocycles. The van der Waals surface area contributed by atoms with Gasteiger partial charge in [0.25, 0.3) is 11.6 Å². The van der Waals surface area contributed by atoms with Crippen LogP contribution in [0.4, 0.5) is 5.69 Å². The number of benzene rings is 1. The second-order valence-electron chi connectivity index (χ2n) is 5.06. The van der Waals surface area contributed by atoms with Crippen LogP contribution < -0.4 is 0 Å². The number of carbonyl (C=O) groups is 1. The number of carbonyl (C=O) groups excluding carboxylic acids is 1. The minimum Gasteiger partial charge on any atom is -0.317 e. The Labute approximate surface area is 142 Å². The van der Waals surface area contributed by atoms with Crippen LogP contribution in [0.15, 0.2) is 52.5 Å². The van der Waals surface area contributed by atoms with Gasteiger partial charge in [0.15, 0.2) is 5.17 Å². The van der Waals surface area contributed by atoms with Gasteiger partial charge >= 0.3 is 0 Å². The fourth-order valence-electron chi connectivity index (χ4n) is 2.37. The van der Waals surface area contributed by atoms with E-state index in [1.165, 1.54) is 28.8 Å². The number of amides is 1. The van der Waals surface area contributed by atoms with E-state index in [1.807, 2.05) is 22.9 Å². The maximum Gasteiger partial charge on any atom is 0.269 e. The van der Waals surface area contributed by atoms with Crippen molar-refractivity contribution in [3.8, 4) is 5.69 Å². The molecule has 1 fully saturated rings. The minimum atomic E-state index is -0.433. The third kappa shape index (κ3) is 2.83. The molecule has 1 amide bonds. The van der Waals surface area contributed by atoms with Crippen molar-refractivity contribution in [3.05, 3.63) is 63.3 Å². The van der Waals surface area contributed by atoms with Crippen molar-refractivity contribution < 1.29 is 9.72 Å². The molecule has 0 radical (unpaired) electrons. The second kappa shape index (κ2) is 6.32. The number of nitrogens with zero attached hydrogens (tertiary/aromatic N) is 4. The maximum atomic E-state index is 12.2. The molecule has 0 saturated carbocycles. The largest absolute Gasteiger partial charge is 0.317 e.